The third-order valence-electron chi connectivity index (χ3n) is 4.77. The maximum Gasteiger partial charge on any atom is 0.282 e. The molecule has 1 fully saturated rings. The molecular weight excluding hydrogens is 479 g/mol. The minimum absolute atomic E-state index is 0.00923. The first-order valence-electron chi connectivity index (χ1n) is 9.63. The van der Waals surface area contributed by atoms with Gasteiger partial charge in [-0.3, -0.25) is 15.0 Å². The van der Waals surface area contributed by atoms with Crippen LogP contribution >= 0.6 is 15.9 Å². The van der Waals surface area contributed by atoms with Gasteiger partial charge < -0.3 is 9.47 Å². The first-order valence-corrected chi connectivity index (χ1v) is 10.4. The minimum Gasteiger partial charge on any atom is -0.493 e. The van der Waals surface area contributed by atoms with Crippen molar-refractivity contribution in [2.24, 2.45) is 0 Å². The Bertz CT molecular complexity index is 1210. The summed E-state index contributed by atoms with van der Waals surface area (Å²) in [5.41, 5.74) is 4.35. The van der Waals surface area contributed by atoms with Crippen molar-refractivity contribution in [2.45, 2.75) is 6.61 Å². The highest BCUT2D eigenvalue weighted by Gasteiger charge is 2.34. The predicted molar refractivity (Wildman–Crippen MR) is 121 cm³/mol. The molecule has 0 radical (unpaired) electrons. The van der Waals surface area contributed by atoms with Crippen molar-refractivity contribution in [1.82, 2.24) is 5.43 Å². The highest BCUT2D eigenvalue weighted by Crippen LogP contribution is 2.35. The molecule has 1 saturated heterocycles. The summed E-state index contributed by atoms with van der Waals surface area (Å²) in [4.78, 5) is 25.3. The second-order valence-corrected chi connectivity index (χ2v) is 7.77. The smallest absolute Gasteiger partial charge is 0.282 e. The lowest BCUT2D eigenvalue weighted by molar-refractivity contribution is -0.117. The van der Waals surface area contributed by atoms with Gasteiger partial charge in [-0.25, -0.2) is 9.40 Å². The first kappa shape index (κ1) is 21.6. The summed E-state index contributed by atoms with van der Waals surface area (Å²) >= 11 is 3.46. The Balaban J connectivity index is 1.59. The topological polar surface area (TPSA) is 67.9 Å². The Hall–Kier alpha value is -3.65. The number of ether oxygens (including phenoxy) is 2. The van der Waals surface area contributed by atoms with E-state index in [2.05, 4.69) is 21.4 Å². The molecule has 2 amide bonds. The summed E-state index contributed by atoms with van der Waals surface area (Å²) in [7, 11) is 1.49. The van der Waals surface area contributed by atoms with Gasteiger partial charge in [0.15, 0.2) is 11.5 Å². The molecule has 8 heteroatoms. The molecular formula is C24H18BrFN2O4. The predicted octanol–water partition coefficient (Wildman–Crippen LogP) is 4.64. The van der Waals surface area contributed by atoms with Crippen LogP contribution in [0.1, 0.15) is 11.1 Å². The van der Waals surface area contributed by atoms with Gasteiger partial charge in [0.25, 0.3) is 11.8 Å². The van der Waals surface area contributed by atoms with Gasteiger partial charge in [0.2, 0.25) is 0 Å². The number of para-hydroxylation sites is 1. The molecule has 32 heavy (non-hydrogen) atoms. The molecule has 0 aliphatic carbocycles. The van der Waals surface area contributed by atoms with Gasteiger partial charge in [0, 0.05) is 4.47 Å². The molecule has 0 unspecified atom stereocenters. The first-order chi connectivity index (χ1) is 15.5. The summed E-state index contributed by atoms with van der Waals surface area (Å²) in [6.07, 6.45) is 1.49. The number of anilines is 1. The average Bonchev–Trinajstić information content (AvgIpc) is 3.08. The van der Waals surface area contributed by atoms with Crippen molar-refractivity contribution in [1.29, 1.82) is 0 Å². The number of carbonyl (C=O) groups excluding carboxylic acids is 2. The van der Waals surface area contributed by atoms with Gasteiger partial charge >= 0.3 is 0 Å². The second kappa shape index (κ2) is 9.23. The summed E-state index contributed by atoms with van der Waals surface area (Å²) in [5, 5.41) is 1.20. The van der Waals surface area contributed by atoms with Crippen molar-refractivity contribution in [3.8, 4) is 11.5 Å². The zero-order valence-corrected chi connectivity index (χ0v) is 18.6. The quantitative estimate of drug-likeness (QED) is 0.398. The molecule has 0 spiro atoms. The Morgan fingerprint density at radius 3 is 2.53 bits per heavy atom. The van der Waals surface area contributed by atoms with Crippen molar-refractivity contribution in [3.63, 3.8) is 0 Å². The van der Waals surface area contributed by atoms with Gasteiger partial charge in [-0.05, 0) is 53.6 Å². The number of amides is 2. The van der Waals surface area contributed by atoms with Crippen LogP contribution in [0.4, 0.5) is 10.1 Å². The van der Waals surface area contributed by atoms with E-state index in [1.54, 1.807) is 48.5 Å². The lowest BCUT2D eigenvalue weighted by Crippen LogP contribution is -2.35. The van der Waals surface area contributed by atoms with Gasteiger partial charge in [-0.15, -0.1) is 0 Å². The minimum atomic E-state index is -0.504. The second-order valence-electron chi connectivity index (χ2n) is 6.92. The van der Waals surface area contributed by atoms with Crippen LogP contribution in [0, 0.1) is 5.82 Å². The molecule has 1 aliphatic heterocycles. The van der Waals surface area contributed by atoms with Gasteiger partial charge in [-0.2, -0.15) is 0 Å². The zero-order chi connectivity index (χ0) is 22.7. The summed E-state index contributed by atoms with van der Waals surface area (Å²) in [6.45, 7) is 0.147. The highest BCUT2D eigenvalue weighted by atomic mass is 79.9. The summed E-state index contributed by atoms with van der Waals surface area (Å²) in [5.74, 6) is -0.471. The summed E-state index contributed by atoms with van der Waals surface area (Å²) < 4.78 is 25.2. The molecule has 162 valence electrons. The van der Waals surface area contributed by atoms with Crippen LogP contribution in [-0.2, 0) is 16.2 Å². The molecule has 6 nitrogen and oxygen atoms in total. The Morgan fingerprint density at radius 1 is 1.03 bits per heavy atom. The third-order valence-corrected chi connectivity index (χ3v) is 5.46. The van der Waals surface area contributed by atoms with Gasteiger partial charge in [0.1, 0.15) is 18.0 Å². The number of benzene rings is 3. The highest BCUT2D eigenvalue weighted by molar-refractivity contribution is 9.10. The average molecular weight is 497 g/mol. The summed E-state index contributed by atoms with van der Waals surface area (Å²) in [6, 6.07) is 18.3. The van der Waals surface area contributed by atoms with E-state index in [0.29, 0.717) is 32.8 Å². The van der Waals surface area contributed by atoms with Crippen molar-refractivity contribution in [3.05, 3.63) is 93.7 Å². The molecule has 4 rings (SSSR count). The zero-order valence-electron chi connectivity index (χ0n) is 17.0. The molecule has 3 aromatic carbocycles. The largest absolute Gasteiger partial charge is 0.493 e. The Kier molecular flexibility index (Phi) is 6.23. The van der Waals surface area contributed by atoms with Gasteiger partial charge in [-0.1, -0.05) is 46.3 Å². The number of carbonyl (C=O) groups is 2. The number of hydrogen-bond acceptors (Lipinski definition) is 4. The number of halogens is 2. The van der Waals surface area contributed by atoms with E-state index >= 15 is 0 Å². The van der Waals surface area contributed by atoms with Crippen LogP contribution in [0.15, 0.2) is 76.8 Å². The Morgan fingerprint density at radius 2 is 1.81 bits per heavy atom. The molecule has 1 N–H and O–H groups in total. The number of hydrazine groups is 1. The lowest BCUT2D eigenvalue weighted by atomic mass is 10.1. The number of methoxy groups -OCH3 is 1. The standard InChI is InChI=1S/C24H18BrFN2O4/c1-31-21-12-16(20(25)13-22(21)32-14-15-6-5-7-17(26)10-15)11-19-23(29)27-28(24(19)30)18-8-3-2-4-9-18/h2-13H,14H2,1H3,(H,27,29)/b19-11-. The van der Waals surface area contributed by atoms with Crippen LogP contribution in [0.3, 0.4) is 0 Å². The number of nitrogens with one attached hydrogen (secondary N) is 1. The Labute approximate surface area is 192 Å². The van der Waals surface area contributed by atoms with E-state index in [-0.39, 0.29) is 18.0 Å². The monoisotopic (exact) mass is 496 g/mol. The van der Waals surface area contributed by atoms with Gasteiger partial charge in [0.05, 0.1) is 12.8 Å². The van der Waals surface area contributed by atoms with E-state index in [0.717, 1.165) is 0 Å². The van der Waals surface area contributed by atoms with Crippen LogP contribution in [0.5, 0.6) is 11.5 Å². The third kappa shape index (κ3) is 4.50. The van der Waals surface area contributed by atoms with Crippen LogP contribution in [0.2, 0.25) is 0 Å². The number of rotatable bonds is 6. The van der Waals surface area contributed by atoms with Crippen molar-refractivity contribution >= 4 is 39.5 Å². The molecule has 0 bridgehead atoms. The van der Waals surface area contributed by atoms with E-state index in [1.165, 1.54) is 30.3 Å². The molecule has 0 aromatic heterocycles. The van der Waals surface area contributed by atoms with E-state index < -0.39 is 11.8 Å². The lowest BCUT2D eigenvalue weighted by Gasteiger charge is -2.14. The van der Waals surface area contributed by atoms with E-state index in [1.807, 2.05) is 6.07 Å². The maximum atomic E-state index is 13.4. The maximum absolute atomic E-state index is 13.4. The molecule has 0 atom stereocenters. The molecule has 0 saturated carbocycles. The van der Waals surface area contributed by atoms with Crippen molar-refractivity contribution in [2.75, 3.05) is 12.1 Å². The van der Waals surface area contributed by atoms with Crippen LogP contribution < -0.4 is 19.9 Å². The molecule has 1 aliphatic rings. The van der Waals surface area contributed by atoms with E-state index in [4.69, 9.17) is 9.47 Å². The van der Waals surface area contributed by atoms with E-state index in [9.17, 15) is 14.0 Å². The molecule has 1 heterocycles. The fourth-order valence-electron chi connectivity index (χ4n) is 3.19. The molecule has 3 aromatic rings. The number of nitrogens with zero attached hydrogens (tertiary/aromatic N) is 1. The number of hydrogen-bond donors (Lipinski definition) is 1. The van der Waals surface area contributed by atoms with Crippen LogP contribution in [-0.4, -0.2) is 18.9 Å². The SMILES string of the molecule is COc1cc(/C=C2/C(=O)NN(c3ccccc3)C2=O)c(Br)cc1OCc1cccc(F)c1. The fraction of sp³-hybridized carbons (Fsp3) is 0.0833. The van der Waals surface area contributed by atoms with Crippen LogP contribution in [0.25, 0.3) is 6.08 Å². The fourth-order valence-corrected chi connectivity index (χ4v) is 3.63. The normalized spacial score (nSPS) is 14.6. The van der Waals surface area contributed by atoms with Crippen molar-refractivity contribution < 1.29 is 23.5 Å².